The van der Waals surface area contributed by atoms with Gasteiger partial charge in [0.05, 0.1) is 16.4 Å². The number of sulfone groups is 1. The quantitative estimate of drug-likeness (QED) is 0.569. The molecule has 1 fully saturated rings. The van der Waals surface area contributed by atoms with E-state index in [1.807, 2.05) is 0 Å². The third-order valence-electron chi connectivity index (χ3n) is 3.96. The van der Waals surface area contributed by atoms with Crippen molar-refractivity contribution < 1.29 is 18.1 Å². The fourth-order valence-electron chi connectivity index (χ4n) is 2.63. The van der Waals surface area contributed by atoms with Crippen LogP contribution < -0.4 is 0 Å². The molecule has 0 aromatic carbocycles. The lowest BCUT2D eigenvalue weighted by Gasteiger charge is -2.23. The predicted octanol–water partition coefficient (Wildman–Crippen LogP) is 0.0536. The van der Waals surface area contributed by atoms with Crippen molar-refractivity contribution in [2.45, 2.75) is 32.9 Å². The number of carbonyl (C=O) groups excluding carboxylic acids is 1. The first-order valence-corrected chi connectivity index (χ1v) is 8.59. The van der Waals surface area contributed by atoms with Gasteiger partial charge in [-0.15, -0.1) is 0 Å². The number of aromatic nitrogens is 2. The second kappa shape index (κ2) is 5.67. The molecule has 1 aromatic rings. The van der Waals surface area contributed by atoms with E-state index in [2.05, 4.69) is 5.10 Å². The highest BCUT2D eigenvalue weighted by atomic mass is 32.2. The number of nitrogens with zero attached hydrogens (tertiary/aromatic N) is 4. The minimum Gasteiger partial charge on any atom is -0.340 e. The largest absolute Gasteiger partial charge is 0.340 e. The minimum atomic E-state index is -3.07. The fourth-order valence-corrected chi connectivity index (χ4v) is 4.40. The van der Waals surface area contributed by atoms with Crippen LogP contribution in [0.3, 0.4) is 0 Å². The summed E-state index contributed by atoms with van der Waals surface area (Å²) in [7, 11) is -1.52. The Morgan fingerprint density at radius 3 is 2.59 bits per heavy atom. The number of nitro groups is 1. The van der Waals surface area contributed by atoms with Gasteiger partial charge in [0.2, 0.25) is 5.91 Å². The zero-order valence-electron chi connectivity index (χ0n) is 12.6. The third-order valence-corrected chi connectivity index (χ3v) is 5.71. The summed E-state index contributed by atoms with van der Waals surface area (Å²) in [5, 5.41) is 15.0. The van der Waals surface area contributed by atoms with Crippen LogP contribution in [-0.4, -0.2) is 58.5 Å². The van der Waals surface area contributed by atoms with E-state index in [4.69, 9.17) is 0 Å². The lowest BCUT2D eigenvalue weighted by Crippen LogP contribution is -2.40. The molecule has 0 unspecified atom stereocenters. The standard InChI is InChI=1S/C12H18N4O5S/c1-8-12(16(18)19)9(2)15(13-8)6-11(17)14(3)10-4-5-22(20,21)7-10/h10H,4-7H2,1-3H3/t10-/m0/s1. The van der Waals surface area contributed by atoms with Crippen LogP contribution in [-0.2, 0) is 21.2 Å². The molecule has 0 saturated carbocycles. The Bertz CT molecular complexity index is 724. The molecule has 0 radical (unpaired) electrons. The van der Waals surface area contributed by atoms with Crippen LogP contribution >= 0.6 is 0 Å². The van der Waals surface area contributed by atoms with Gasteiger partial charge in [-0.25, -0.2) is 8.42 Å². The molecule has 1 saturated heterocycles. The molecule has 2 rings (SSSR count). The molecule has 10 heteroatoms. The number of hydrogen-bond donors (Lipinski definition) is 0. The van der Waals surface area contributed by atoms with Crippen molar-refractivity contribution in [3.8, 4) is 0 Å². The second-order valence-corrected chi connectivity index (χ2v) is 7.72. The average Bonchev–Trinajstić information content (AvgIpc) is 2.89. The Hall–Kier alpha value is -1.97. The zero-order chi connectivity index (χ0) is 16.7. The highest BCUT2D eigenvalue weighted by molar-refractivity contribution is 7.91. The van der Waals surface area contributed by atoms with Crippen LogP contribution in [0.4, 0.5) is 5.69 Å². The summed E-state index contributed by atoms with van der Waals surface area (Å²) >= 11 is 0. The molecule has 0 aliphatic carbocycles. The molecular weight excluding hydrogens is 312 g/mol. The van der Waals surface area contributed by atoms with Crippen molar-refractivity contribution in [2.24, 2.45) is 0 Å². The normalized spacial score (nSPS) is 20.0. The highest BCUT2D eigenvalue weighted by Gasteiger charge is 2.33. The number of aryl methyl sites for hydroxylation is 1. The van der Waals surface area contributed by atoms with Crippen LogP contribution in [0.5, 0.6) is 0 Å². The lowest BCUT2D eigenvalue weighted by atomic mass is 10.2. The van der Waals surface area contributed by atoms with E-state index in [9.17, 15) is 23.3 Å². The number of hydrogen-bond acceptors (Lipinski definition) is 6. The van der Waals surface area contributed by atoms with Gasteiger partial charge in [-0.1, -0.05) is 0 Å². The number of likely N-dealkylation sites (N-methyl/N-ethyl adjacent to an activating group) is 1. The Morgan fingerprint density at radius 1 is 1.50 bits per heavy atom. The molecule has 0 bridgehead atoms. The Morgan fingerprint density at radius 2 is 2.14 bits per heavy atom. The van der Waals surface area contributed by atoms with Gasteiger partial charge in [0, 0.05) is 13.1 Å². The molecule has 0 spiro atoms. The maximum atomic E-state index is 12.3. The first-order valence-electron chi connectivity index (χ1n) is 6.77. The van der Waals surface area contributed by atoms with E-state index < -0.39 is 14.8 Å². The van der Waals surface area contributed by atoms with Gasteiger partial charge < -0.3 is 4.90 Å². The first kappa shape index (κ1) is 16.4. The predicted molar refractivity (Wildman–Crippen MR) is 78.2 cm³/mol. The molecule has 1 atom stereocenters. The molecular formula is C12H18N4O5S. The SMILES string of the molecule is Cc1nn(CC(=O)N(C)[C@H]2CCS(=O)(=O)C2)c(C)c1[N+](=O)[O-]. The van der Waals surface area contributed by atoms with E-state index in [0.29, 0.717) is 12.1 Å². The summed E-state index contributed by atoms with van der Waals surface area (Å²) in [4.78, 5) is 24.1. The summed E-state index contributed by atoms with van der Waals surface area (Å²) in [6.07, 6.45) is 0.418. The molecule has 1 aromatic heterocycles. The van der Waals surface area contributed by atoms with Crippen molar-refractivity contribution in [1.29, 1.82) is 0 Å². The minimum absolute atomic E-state index is 0.0352. The first-order chi connectivity index (χ1) is 10.1. The van der Waals surface area contributed by atoms with E-state index >= 15 is 0 Å². The number of carbonyl (C=O) groups is 1. The van der Waals surface area contributed by atoms with Gasteiger partial charge in [-0.3, -0.25) is 19.6 Å². The van der Waals surface area contributed by atoms with Gasteiger partial charge in [-0.05, 0) is 20.3 Å². The molecule has 0 N–H and O–H groups in total. The van der Waals surface area contributed by atoms with Crippen LogP contribution in [0, 0.1) is 24.0 Å². The van der Waals surface area contributed by atoms with Crippen molar-refractivity contribution in [2.75, 3.05) is 18.6 Å². The maximum Gasteiger partial charge on any atom is 0.312 e. The zero-order valence-corrected chi connectivity index (χ0v) is 13.5. The fraction of sp³-hybridized carbons (Fsp3) is 0.667. The third kappa shape index (κ3) is 3.11. The molecule has 122 valence electrons. The smallest absolute Gasteiger partial charge is 0.312 e. The van der Waals surface area contributed by atoms with E-state index in [-0.39, 0.29) is 41.4 Å². The average molecular weight is 330 g/mol. The molecule has 1 aliphatic heterocycles. The van der Waals surface area contributed by atoms with Crippen molar-refractivity contribution in [1.82, 2.24) is 14.7 Å². The van der Waals surface area contributed by atoms with Crippen molar-refractivity contribution >= 4 is 21.4 Å². The molecule has 22 heavy (non-hydrogen) atoms. The van der Waals surface area contributed by atoms with Gasteiger partial charge >= 0.3 is 5.69 Å². The van der Waals surface area contributed by atoms with Gasteiger partial charge in [0.25, 0.3) is 0 Å². The van der Waals surface area contributed by atoms with Crippen molar-refractivity contribution in [3.63, 3.8) is 0 Å². The summed E-state index contributed by atoms with van der Waals surface area (Å²) in [5.74, 6) is -0.268. The van der Waals surface area contributed by atoms with Gasteiger partial charge in [0.15, 0.2) is 9.84 Å². The summed E-state index contributed by atoms with van der Waals surface area (Å²) < 4.78 is 24.2. The Kier molecular flexibility index (Phi) is 4.23. The highest BCUT2D eigenvalue weighted by Crippen LogP contribution is 2.22. The van der Waals surface area contributed by atoms with E-state index in [1.54, 1.807) is 7.05 Å². The Balaban J connectivity index is 2.13. The molecule has 1 amide bonds. The molecule has 9 nitrogen and oxygen atoms in total. The van der Waals surface area contributed by atoms with Crippen LogP contribution in [0.2, 0.25) is 0 Å². The summed E-state index contributed by atoms with van der Waals surface area (Å²) in [6, 6.07) is -0.343. The second-order valence-electron chi connectivity index (χ2n) is 5.50. The topological polar surface area (TPSA) is 115 Å². The van der Waals surface area contributed by atoms with E-state index in [1.165, 1.54) is 23.4 Å². The van der Waals surface area contributed by atoms with Crippen molar-refractivity contribution in [3.05, 3.63) is 21.5 Å². The monoisotopic (exact) mass is 330 g/mol. The van der Waals surface area contributed by atoms with Crippen LogP contribution in [0.25, 0.3) is 0 Å². The van der Waals surface area contributed by atoms with E-state index in [0.717, 1.165) is 0 Å². The van der Waals surface area contributed by atoms with Gasteiger partial charge in [-0.2, -0.15) is 5.10 Å². The van der Waals surface area contributed by atoms with Crippen LogP contribution in [0.15, 0.2) is 0 Å². The lowest BCUT2D eigenvalue weighted by molar-refractivity contribution is -0.386. The Labute approximate surface area is 128 Å². The molecule has 2 heterocycles. The number of amides is 1. The number of rotatable bonds is 4. The van der Waals surface area contributed by atoms with Crippen LogP contribution in [0.1, 0.15) is 17.8 Å². The summed E-state index contributed by atoms with van der Waals surface area (Å²) in [6.45, 7) is 2.90. The van der Waals surface area contributed by atoms with Gasteiger partial charge in [0.1, 0.15) is 17.9 Å². The molecule has 1 aliphatic rings. The summed E-state index contributed by atoms with van der Waals surface area (Å²) in [5.41, 5.74) is 0.462. The maximum absolute atomic E-state index is 12.3.